The van der Waals surface area contributed by atoms with Gasteiger partial charge in [-0.1, -0.05) is 13.8 Å². The fourth-order valence-electron chi connectivity index (χ4n) is 2.11. The summed E-state index contributed by atoms with van der Waals surface area (Å²) in [6.45, 7) is 5.44. The summed E-state index contributed by atoms with van der Waals surface area (Å²) in [7, 11) is 1.86. The van der Waals surface area contributed by atoms with Crippen molar-refractivity contribution in [1.82, 2.24) is 19.4 Å². The van der Waals surface area contributed by atoms with Gasteiger partial charge in [-0.05, 0) is 39.5 Å². The Morgan fingerprint density at radius 3 is 2.76 bits per heavy atom. The topological polar surface area (TPSA) is 51.0 Å². The molecule has 0 fully saturated rings. The zero-order valence-electron chi connectivity index (χ0n) is 12.5. The summed E-state index contributed by atoms with van der Waals surface area (Å²) in [4.78, 5) is 22.7. The highest BCUT2D eigenvalue weighted by molar-refractivity contribution is 9.10. The Bertz CT molecular complexity index is 624. The van der Waals surface area contributed by atoms with Crippen LogP contribution < -0.4 is 0 Å². The second-order valence-corrected chi connectivity index (χ2v) is 6.30. The first-order valence-electron chi connectivity index (χ1n) is 6.83. The summed E-state index contributed by atoms with van der Waals surface area (Å²) < 4.78 is 2.55. The number of nitrogens with zero attached hydrogens (tertiary/aromatic N) is 4. The van der Waals surface area contributed by atoms with E-state index in [2.05, 4.69) is 39.7 Å². The van der Waals surface area contributed by atoms with E-state index < -0.39 is 0 Å². The van der Waals surface area contributed by atoms with E-state index >= 15 is 0 Å². The molecule has 1 amide bonds. The number of halogens is 1. The molecule has 0 aromatic carbocycles. The smallest absolute Gasteiger partial charge is 0.274 e. The minimum absolute atomic E-state index is 0.0442. The van der Waals surface area contributed by atoms with Crippen LogP contribution in [0.3, 0.4) is 0 Å². The van der Waals surface area contributed by atoms with E-state index in [0.29, 0.717) is 24.7 Å². The minimum atomic E-state index is -0.0442. The molecule has 112 valence electrons. The maximum atomic E-state index is 12.6. The highest BCUT2D eigenvalue weighted by Crippen LogP contribution is 2.14. The molecule has 0 unspecified atom stereocenters. The van der Waals surface area contributed by atoms with E-state index in [0.717, 1.165) is 10.2 Å². The first-order chi connectivity index (χ1) is 9.95. The summed E-state index contributed by atoms with van der Waals surface area (Å²) in [5.74, 6) is 0.347. The Morgan fingerprint density at radius 2 is 2.19 bits per heavy atom. The van der Waals surface area contributed by atoms with Crippen molar-refractivity contribution < 1.29 is 4.79 Å². The van der Waals surface area contributed by atoms with E-state index in [1.54, 1.807) is 23.3 Å². The summed E-state index contributed by atoms with van der Waals surface area (Å²) in [5.41, 5.74) is 1.52. The summed E-state index contributed by atoms with van der Waals surface area (Å²) in [5, 5.41) is 0. The molecule has 0 spiro atoms. The third-order valence-corrected chi connectivity index (χ3v) is 3.39. The van der Waals surface area contributed by atoms with Gasteiger partial charge in [-0.25, -0.2) is 9.97 Å². The standard InChI is InChI=1S/C15H19BrN4O/c1-11(2)7-20(8-12-4-5-17-14(16)6-12)15(21)13-9-19(3)10-18-13/h4-6,9-11H,7-8H2,1-3H3. The van der Waals surface area contributed by atoms with Crippen LogP contribution >= 0.6 is 15.9 Å². The second-order valence-electron chi connectivity index (χ2n) is 5.49. The predicted octanol–water partition coefficient (Wildman–Crippen LogP) is 2.88. The monoisotopic (exact) mass is 350 g/mol. The Morgan fingerprint density at radius 1 is 1.43 bits per heavy atom. The van der Waals surface area contributed by atoms with Crippen LogP contribution in [0.4, 0.5) is 0 Å². The number of aryl methyl sites for hydroxylation is 1. The third-order valence-electron chi connectivity index (χ3n) is 2.96. The average molecular weight is 351 g/mol. The van der Waals surface area contributed by atoms with Crippen LogP contribution in [0.25, 0.3) is 0 Å². The number of hydrogen-bond acceptors (Lipinski definition) is 3. The van der Waals surface area contributed by atoms with Crippen LogP contribution in [0.2, 0.25) is 0 Å². The number of imidazole rings is 1. The average Bonchev–Trinajstić information content (AvgIpc) is 2.83. The molecule has 5 nitrogen and oxygen atoms in total. The van der Waals surface area contributed by atoms with Crippen molar-refractivity contribution in [3.8, 4) is 0 Å². The summed E-state index contributed by atoms with van der Waals surface area (Å²) >= 11 is 3.36. The first-order valence-corrected chi connectivity index (χ1v) is 7.62. The molecule has 0 bridgehead atoms. The predicted molar refractivity (Wildman–Crippen MR) is 84.7 cm³/mol. The van der Waals surface area contributed by atoms with Crippen LogP contribution in [0, 0.1) is 5.92 Å². The third kappa shape index (κ3) is 4.39. The summed E-state index contributed by atoms with van der Waals surface area (Å²) in [6, 6.07) is 3.85. The maximum absolute atomic E-state index is 12.6. The molecule has 0 saturated carbocycles. The van der Waals surface area contributed by atoms with Crippen LogP contribution in [0.1, 0.15) is 29.9 Å². The van der Waals surface area contributed by atoms with Crippen LogP contribution in [0.15, 0.2) is 35.5 Å². The lowest BCUT2D eigenvalue weighted by Gasteiger charge is -2.24. The van der Waals surface area contributed by atoms with E-state index in [9.17, 15) is 4.79 Å². The molecule has 21 heavy (non-hydrogen) atoms. The lowest BCUT2D eigenvalue weighted by molar-refractivity contribution is 0.0717. The zero-order valence-corrected chi connectivity index (χ0v) is 14.0. The van der Waals surface area contributed by atoms with Crippen molar-refractivity contribution in [3.05, 3.63) is 46.7 Å². The van der Waals surface area contributed by atoms with E-state index in [1.165, 1.54) is 0 Å². The second kappa shape index (κ2) is 6.85. The molecule has 0 aliphatic heterocycles. The van der Waals surface area contributed by atoms with Gasteiger partial charge in [0.1, 0.15) is 10.3 Å². The van der Waals surface area contributed by atoms with Crippen molar-refractivity contribution in [1.29, 1.82) is 0 Å². The molecular formula is C15H19BrN4O. The number of aromatic nitrogens is 3. The number of hydrogen-bond donors (Lipinski definition) is 0. The Kier molecular flexibility index (Phi) is 5.12. The lowest BCUT2D eigenvalue weighted by Crippen LogP contribution is -2.34. The molecular weight excluding hydrogens is 332 g/mol. The van der Waals surface area contributed by atoms with Crippen molar-refractivity contribution in [3.63, 3.8) is 0 Å². The summed E-state index contributed by atoms with van der Waals surface area (Å²) in [6.07, 6.45) is 5.13. The molecule has 2 aromatic heterocycles. The highest BCUT2D eigenvalue weighted by atomic mass is 79.9. The zero-order chi connectivity index (χ0) is 15.4. The fraction of sp³-hybridized carbons (Fsp3) is 0.400. The molecule has 2 aromatic rings. The van der Waals surface area contributed by atoms with Gasteiger partial charge in [0.2, 0.25) is 0 Å². The normalized spacial score (nSPS) is 10.9. The Balaban J connectivity index is 2.19. The quantitative estimate of drug-likeness (QED) is 0.779. The van der Waals surface area contributed by atoms with Gasteiger partial charge >= 0.3 is 0 Å². The number of rotatable bonds is 5. The van der Waals surface area contributed by atoms with Crippen molar-refractivity contribution >= 4 is 21.8 Å². The van der Waals surface area contributed by atoms with Gasteiger partial charge in [0.15, 0.2) is 0 Å². The van der Waals surface area contributed by atoms with Gasteiger partial charge in [0.25, 0.3) is 5.91 Å². The maximum Gasteiger partial charge on any atom is 0.274 e. The molecule has 2 rings (SSSR count). The Hall–Kier alpha value is -1.69. The van der Waals surface area contributed by atoms with Gasteiger partial charge in [-0.3, -0.25) is 4.79 Å². The molecule has 0 aliphatic rings. The molecule has 0 atom stereocenters. The van der Waals surface area contributed by atoms with Crippen LogP contribution in [-0.4, -0.2) is 31.9 Å². The number of carbonyl (C=O) groups excluding carboxylic acids is 1. The molecule has 0 radical (unpaired) electrons. The molecule has 6 heteroatoms. The van der Waals surface area contributed by atoms with Crippen molar-refractivity contribution in [2.24, 2.45) is 13.0 Å². The molecule has 0 aliphatic carbocycles. The number of amides is 1. The molecule has 0 N–H and O–H groups in total. The van der Waals surface area contributed by atoms with E-state index in [-0.39, 0.29) is 5.91 Å². The molecule has 0 saturated heterocycles. The van der Waals surface area contributed by atoms with Gasteiger partial charge < -0.3 is 9.47 Å². The number of pyridine rings is 1. The van der Waals surface area contributed by atoms with E-state index in [4.69, 9.17) is 0 Å². The lowest BCUT2D eigenvalue weighted by atomic mass is 10.1. The largest absolute Gasteiger partial charge is 0.340 e. The number of carbonyl (C=O) groups is 1. The first kappa shape index (κ1) is 15.7. The SMILES string of the molecule is CC(C)CN(Cc1ccnc(Br)c1)C(=O)c1cn(C)cn1. The molecule has 2 heterocycles. The van der Waals surface area contributed by atoms with Crippen molar-refractivity contribution in [2.75, 3.05) is 6.54 Å². The van der Waals surface area contributed by atoms with Gasteiger partial charge in [0, 0.05) is 32.5 Å². The van der Waals surface area contributed by atoms with Gasteiger partial charge in [0.05, 0.1) is 6.33 Å². The minimum Gasteiger partial charge on any atom is -0.340 e. The van der Waals surface area contributed by atoms with Crippen LogP contribution in [0.5, 0.6) is 0 Å². The fourth-order valence-corrected chi connectivity index (χ4v) is 2.52. The Labute approximate surface area is 133 Å². The van der Waals surface area contributed by atoms with Gasteiger partial charge in [-0.15, -0.1) is 0 Å². The van der Waals surface area contributed by atoms with Crippen LogP contribution in [-0.2, 0) is 13.6 Å². The highest BCUT2D eigenvalue weighted by Gasteiger charge is 2.19. The van der Waals surface area contributed by atoms with Gasteiger partial charge in [-0.2, -0.15) is 0 Å². The van der Waals surface area contributed by atoms with E-state index in [1.807, 2.05) is 24.1 Å². The van der Waals surface area contributed by atoms with Crippen molar-refractivity contribution in [2.45, 2.75) is 20.4 Å².